The minimum atomic E-state index is -0.790. The second-order valence-electron chi connectivity index (χ2n) is 5.23. The summed E-state index contributed by atoms with van der Waals surface area (Å²) in [5, 5.41) is 8.73. The quantitative estimate of drug-likeness (QED) is 0.882. The smallest absolute Gasteiger partial charge is 0.307 e. The van der Waals surface area contributed by atoms with Crippen molar-refractivity contribution in [2.24, 2.45) is 0 Å². The third kappa shape index (κ3) is 3.78. The largest absolute Gasteiger partial charge is 0.481 e. The van der Waals surface area contributed by atoms with Crippen molar-refractivity contribution in [3.8, 4) is 0 Å². The highest BCUT2D eigenvalue weighted by Crippen LogP contribution is 2.20. The zero-order valence-electron chi connectivity index (χ0n) is 11.5. The molecule has 0 radical (unpaired) electrons. The van der Waals surface area contributed by atoms with Crippen LogP contribution < -0.4 is 0 Å². The minimum absolute atomic E-state index is 0.0869. The average molecular weight is 263 g/mol. The Kier molecular flexibility index (Phi) is 4.56. The molecular formula is C15H21NO3. The van der Waals surface area contributed by atoms with Gasteiger partial charge in [-0.05, 0) is 31.5 Å². The van der Waals surface area contributed by atoms with E-state index in [0.717, 1.165) is 25.1 Å². The number of hydrogen-bond acceptors (Lipinski definition) is 3. The van der Waals surface area contributed by atoms with Crippen molar-refractivity contribution >= 4 is 5.97 Å². The lowest BCUT2D eigenvalue weighted by atomic mass is 10.1. The molecule has 0 aliphatic carbocycles. The van der Waals surface area contributed by atoms with Gasteiger partial charge in [0.2, 0.25) is 0 Å². The van der Waals surface area contributed by atoms with Crippen LogP contribution >= 0.6 is 0 Å². The summed E-state index contributed by atoms with van der Waals surface area (Å²) in [6.45, 7) is 3.82. The van der Waals surface area contributed by atoms with Crippen LogP contribution in [0.15, 0.2) is 24.3 Å². The molecule has 2 atom stereocenters. The Morgan fingerprint density at radius 1 is 1.37 bits per heavy atom. The predicted molar refractivity (Wildman–Crippen MR) is 73.1 cm³/mol. The van der Waals surface area contributed by atoms with Crippen LogP contribution in [0.4, 0.5) is 0 Å². The van der Waals surface area contributed by atoms with Crippen LogP contribution in [0.1, 0.15) is 24.5 Å². The molecular weight excluding hydrogens is 242 g/mol. The Bertz CT molecular complexity index is 430. The number of hydrogen-bond donors (Lipinski definition) is 1. The summed E-state index contributed by atoms with van der Waals surface area (Å²) in [6, 6.07) is 8.28. The zero-order chi connectivity index (χ0) is 13.8. The second kappa shape index (κ2) is 6.17. The highest BCUT2D eigenvalue weighted by atomic mass is 16.5. The number of carboxylic acid groups (broad SMARTS) is 1. The van der Waals surface area contributed by atoms with E-state index in [4.69, 9.17) is 9.84 Å². The van der Waals surface area contributed by atoms with Crippen molar-refractivity contribution in [3.05, 3.63) is 35.4 Å². The molecule has 0 aromatic heterocycles. The summed E-state index contributed by atoms with van der Waals surface area (Å²) < 4.78 is 5.58. The Morgan fingerprint density at radius 3 is 2.53 bits per heavy atom. The molecule has 2 unspecified atom stereocenters. The Labute approximate surface area is 114 Å². The molecule has 1 N–H and O–H groups in total. The first-order valence-corrected chi connectivity index (χ1v) is 6.67. The number of carboxylic acids is 1. The van der Waals surface area contributed by atoms with Crippen molar-refractivity contribution in [3.63, 3.8) is 0 Å². The second-order valence-corrected chi connectivity index (χ2v) is 5.23. The average Bonchev–Trinajstić information content (AvgIpc) is 2.77. The van der Waals surface area contributed by atoms with E-state index in [1.807, 2.05) is 24.3 Å². The van der Waals surface area contributed by atoms with Crippen LogP contribution in [0, 0.1) is 0 Å². The Morgan fingerprint density at radius 2 is 2.00 bits per heavy atom. The van der Waals surface area contributed by atoms with E-state index < -0.39 is 5.97 Å². The van der Waals surface area contributed by atoms with E-state index in [-0.39, 0.29) is 12.5 Å². The highest BCUT2D eigenvalue weighted by molar-refractivity contribution is 5.70. The van der Waals surface area contributed by atoms with Crippen molar-refractivity contribution in [2.45, 2.75) is 38.5 Å². The maximum absolute atomic E-state index is 10.6. The van der Waals surface area contributed by atoms with Crippen molar-refractivity contribution in [2.75, 3.05) is 13.7 Å². The lowest BCUT2D eigenvalue weighted by Crippen LogP contribution is -2.36. The molecule has 19 heavy (non-hydrogen) atoms. The molecule has 1 saturated heterocycles. The predicted octanol–water partition coefficient (Wildman–Crippen LogP) is 1.92. The molecule has 1 aromatic rings. The van der Waals surface area contributed by atoms with E-state index >= 15 is 0 Å². The fourth-order valence-electron chi connectivity index (χ4n) is 2.64. The highest BCUT2D eigenvalue weighted by Gasteiger charge is 2.27. The number of nitrogens with zero attached hydrogens (tertiary/aromatic N) is 1. The van der Waals surface area contributed by atoms with Crippen LogP contribution in [0.5, 0.6) is 0 Å². The standard InChI is InChI=1S/C15H21NO3/c1-11-14(7-8-19-11)16(2)10-13-5-3-12(4-6-13)9-15(17)18/h3-6,11,14H,7-10H2,1-2H3,(H,17,18). The Balaban J connectivity index is 1.93. The molecule has 2 rings (SSSR count). The minimum Gasteiger partial charge on any atom is -0.481 e. The van der Waals surface area contributed by atoms with E-state index in [1.165, 1.54) is 5.56 Å². The van der Waals surface area contributed by atoms with E-state index in [2.05, 4.69) is 18.9 Å². The molecule has 4 heteroatoms. The summed E-state index contributed by atoms with van der Waals surface area (Å²) >= 11 is 0. The summed E-state index contributed by atoms with van der Waals surface area (Å²) in [5.41, 5.74) is 2.05. The van der Waals surface area contributed by atoms with Gasteiger partial charge in [-0.2, -0.15) is 0 Å². The van der Waals surface area contributed by atoms with Gasteiger partial charge in [0, 0.05) is 19.2 Å². The first kappa shape index (κ1) is 14.0. The molecule has 1 fully saturated rings. The number of ether oxygens (including phenoxy) is 1. The SMILES string of the molecule is CC1OCCC1N(C)Cc1ccc(CC(=O)O)cc1. The van der Waals surface area contributed by atoms with Crippen molar-refractivity contribution < 1.29 is 14.6 Å². The normalized spacial score (nSPS) is 22.9. The molecule has 104 valence electrons. The van der Waals surface area contributed by atoms with Crippen molar-refractivity contribution in [1.29, 1.82) is 0 Å². The van der Waals surface area contributed by atoms with Crippen LogP contribution in [0.2, 0.25) is 0 Å². The van der Waals surface area contributed by atoms with Crippen molar-refractivity contribution in [1.82, 2.24) is 4.90 Å². The van der Waals surface area contributed by atoms with Gasteiger partial charge in [-0.1, -0.05) is 24.3 Å². The van der Waals surface area contributed by atoms with Gasteiger partial charge in [-0.25, -0.2) is 0 Å². The van der Waals surface area contributed by atoms with Crippen LogP contribution in [0.25, 0.3) is 0 Å². The number of benzene rings is 1. The van der Waals surface area contributed by atoms with Gasteiger partial charge >= 0.3 is 5.97 Å². The summed E-state index contributed by atoms with van der Waals surface area (Å²) in [4.78, 5) is 12.9. The number of likely N-dealkylation sites (N-methyl/N-ethyl adjacent to an activating group) is 1. The number of carbonyl (C=O) groups is 1. The lowest BCUT2D eigenvalue weighted by Gasteiger charge is -2.26. The van der Waals surface area contributed by atoms with Gasteiger partial charge in [0.15, 0.2) is 0 Å². The first-order chi connectivity index (χ1) is 9.06. The summed E-state index contributed by atoms with van der Waals surface area (Å²) in [6.07, 6.45) is 1.45. The molecule has 1 aliphatic rings. The fourth-order valence-corrected chi connectivity index (χ4v) is 2.64. The molecule has 0 spiro atoms. The Hall–Kier alpha value is -1.39. The third-order valence-corrected chi connectivity index (χ3v) is 3.71. The van der Waals surface area contributed by atoms with Gasteiger partial charge in [0.25, 0.3) is 0 Å². The number of rotatable bonds is 5. The molecule has 0 amide bonds. The fraction of sp³-hybridized carbons (Fsp3) is 0.533. The third-order valence-electron chi connectivity index (χ3n) is 3.71. The molecule has 0 saturated carbocycles. The number of aliphatic carboxylic acids is 1. The van der Waals surface area contributed by atoms with Gasteiger partial charge in [-0.15, -0.1) is 0 Å². The topological polar surface area (TPSA) is 49.8 Å². The van der Waals surface area contributed by atoms with Crippen LogP contribution in [0.3, 0.4) is 0 Å². The maximum atomic E-state index is 10.6. The monoisotopic (exact) mass is 263 g/mol. The van der Waals surface area contributed by atoms with E-state index in [0.29, 0.717) is 6.04 Å². The summed E-state index contributed by atoms with van der Waals surface area (Å²) in [5.74, 6) is -0.790. The zero-order valence-corrected chi connectivity index (χ0v) is 11.5. The van der Waals surface area contributed by atoms with Gasteiger partial charge in [0.05, 0.1) is 12.5 Å². The van der Waals surface area contributed by atoms with Crippen LogP contribution in [-0.2, 0) is 22.5 Å². The van der Waals surface area contributed by atoms with Crippen LogP contribution in [-0.4, -0.2) is 41.8 Å². The molecule has 1 aromatic carbocycles. The lowest BCUT2D eigenvalue weighted by molar-refractivity contribution is -0.136. The molecule has 1 heterocycles. The van der Waals surface area contributed by atoms with E-state index in [1.54, 1.807) is 0 Å². The summed E-state index contributed by atoms with van der Waals surface area (Å²) in [7, 11) is 2.11. The van der Waals surface area contributed by atoms with E-state index in [9.17, 15) is 4.79 Å². The molecule has 0 bridgehead atoms. The van der Waals surface area contributed by atoms with Gasteiger partial charge in [0.1, 0.15) is 0 Å². The molecule has 1 aliphatic heterocycles. The van der Waals surface area contributed by atoms with Gasteiger partial charge in [-0.3, -0.25) is 9.69 Å². The first-order valence-electron chi connectivity index (χ1n) is 6.67. The molecule has 4 nitrogen and oxygen atoms in total. The van der Waals surface area contributed by atoms with Gasteiger partial charge < -0.3 is 9.84 Å². The maximum Gasteiger partial charge on any atom is 0.307 e.